The number of nitrogens with one attached hydrogen (secondary N) is 1. The summed E-state index contributed by atoms with van der Waals surface area (Å²) in [7, 11) is 0. The van der Waals surface area contributed by atoms with Crippen molar-refractivity contribution in [1.29, 1.82) is 0 Å². The maximum absolute atomic E-state index is 5.97. The van der Waals surface area contributed by atoms with Crippen LogP contribution in [0.25, 0.3) is 0 Å². The third-order valence-electron chi connectivity index (χ3n) is 4.08. The fourth-order valence-corrected chi connectivity index (χ4v) is 2.86. The van der Waals surface area contributed by atoms with E-state index in [0.717, 1.165) is 19.1 Å². The van der Waals surface area contributed by atoms with Gasteiger partial charge in [-0.25, -0.2) is 0 Å². The van der Waals surface area contributed by atoms with Gasteiger partial charge in [0.25, 0.3) is 0 Å². The van der Waals surface area contributed by atoms with Crippen LogP contribution in [0.4, 0.5) is 0 Å². The lowest BCUT2D eigenvalue weighted by Gasteiger charge is -2.27. The molecule has 0 saturated heterocycles. The molecule has 0 aromatic heterocycles. The van der Waals surface area contributed by atoms with E-state index in [0.29, 0.717) is 12.1 Å². The van der Waals surface area contributed by atoms with Crippen molar-refractivity contribution in [2.45, 2.75) is 84.3 Å². The topological polar surface area (TPSA) is 21.3 Å². The van der Waals surface area contributed by atoms with Crippen molar-refractivity contribution >= 4 is 0 Å². The number of ether oxygens (including phenoxy) is 1. The monoisotopic (exact) mass is 255 g/mol. The molecule has 2 heteroatoms. The molecule has 0 bridgehead atoms. The van der Waals surface area contributed by atoms with Crippen LogP contribution in [0.3, 0.4) is 0 Å². The average molecular weight is 255 g/mol. The van der Waals surface area contributed by atoms with Gasteiger partial charge in [0, 0.05) is 12.6 Å². The summed E-state index contributed by atoms with van der Waals surface area (Å²) in [5.41, 5.74) is 0. The zero-order valence-corrected chi connectivity index (χ0v) is 12.7. The van der Waals surface area contributed by atoms with Gasteiger partial charge in [-0.05, 0) is 32.1 Å². The third kappa shape index (κ3) is 7.38. The molecule has 3 unspecified atom stereocenters. The summed E-state index contributed by atoms with van der Waals surface area (Å²) in [6.07, 6.45) is 11.2. The summed E-state index contributed by atoms with van der Waals surface area (Å²) in [6.45, 7) is 8.80. The van der Waals surface area contributed by atoms with Crippen LogP contribution in [0.15, 0.2) is 0 Å². The first kappa shape index (κ1) is 16.0. The van der Waals surface area contributed by atoms with Crippen molar-refractivity contribution in [1.82, 2.24) is 5.32 Å². The van der Waals surface area contributed by atoms with Crippen LogP contribution >= 0.6 is 0 Å². The molecule has 0 aromatic rings. The number of unbranched alkanes of at least 4 members (excludes halogenated alkanes) is 2. The summed E-state index contributed by atoms with van der Waals surface area (Å²) in [5.74, 6) is 0.865. The van der Waals surface area contributed by atoms with E-state index in [4.69, 9.17) is 4.74 Å². The molecule has 0 heterocycles. The van der Waals surface area contributed by atoms with E-state index < -0.39 is 0 Å². The molecule has 1 rings (SSSR count). The van der Waals surface area contributed by atoms with E-state index in [9.17, 15) is 0 Å². The highest BCUT2D eigenvalue weighted by atomic mass is 16.5. The minimum absolute atomic E-state index is 0.533. The van der Waals surface area contributed by atoms with Crippen molar-refractivity contribution in [3.05, 3.63) is 0 Å². The van der Waals surface area contributed by atoms with E-state index in [-0.39, 0.29) is 0 Å². The van der Waals surface area contributed by atoms with Gasteiger partial charge < -0.3 is 10.1 Å². The molecule has 108 valence electrons. The fourth-order valence-electron chi connectivity index (χ4n) is 2.86. The summed E-state index contributed by atoms with van der Waals surface area (Å²) in [6, 6.07) is 0.644. The Kier molecular flexibility index (Phi) is 8.70. The predicted octanol–water partition coefficient (Wildman–Crippen LogP) is 4.14. The average Bonchev–Trinajstić information content (AvgIpc) is 2.35. The largest absolute Gasteiger partial charge is 0.377 e. The quantitative estimate of drug-likeness (QED) is 0.625. The van der Waals surface area contributed by atoms with E-state index in [2.05, 4.69) is 26.1 Å². The summed E-state index contributed by atoms with van der Waals surface area (Å²) < 4.78 is 5.97. The molecule has 18 heavy (non-hydrogen) atoms. The highest BCUT2D eigenvalue weighted by Gasteiger charge is 2.18. The van der Waals surface area contributed by atoms with Gasteiger partial charge in [0.15, 0.2) is 0 Å². The Hall–Kier alpha value is -0.0800. The normalized spacial score (nSPS) is 26.2. The molecule has 0 radical (unpaired) electrons. The van der Waals surface area contributed by atoms with Crippen molar-refractivity contribution in [3.8, 4) is 0 Å². The van der Waals surface area contributed by atoms with E-state index in [1.54, 1.807) is 0 Å². The number of rotatable bonds is 9. The van der Waals surface area contributed by atoms with Crippen molar-refractivity contribution in [3.63, 3.8) is 0 Å². The first-order valence-electron chi connectivity index (χ1n) is 8.07. The predicted molar refractivity (Wildman–Crippen MR) is 79.0 cm³/mol. The third-order valence-corrected chi connectivity index (χ3v) is 4.08. The van der Waals surface area contributed by atoms with Crippen LogP contribution in [0.1, 0.15) is 72.1 Å². The van der Waals surface area contributed by atoms with E-state index in [1.807, 2.05) is 0 Å². The van der Waals surface area contributed by atoms with Crippen molar-refractivity contribution in [2.24, 2.45) is 5.92 Å². The number of hydrogen-bond donors (Lipinski definition) is 1. The Morgan fingerprint density at radius 2 is 2.11 bits per heavy atom. The summed E-state index contributed by atoms with van der Waals surface area (Å²) in [4.78, 5) is 0. The van der Waals surface area contributed by atoms with E-state index in [1.165, 1.54) is 51.4 Å². The second kappa shape index (κ2) is 9.80. The molecular formula is C16H33NO. The zero-order valence-electron chi connectivity index (χ0n) is 12.7. The second-order valence-electron chi connectivity index (χ2n) is 6.12. The van der Waals surface area contributed by atoms with Crippen LogP contribution in [0.2, 0.25) is 0 Å². The van der Waals surface area contributed by atoms with Gasteiger partial charge in [0.2, 0.25) is 0 Å². The molecule has 1 fully saturated rings. The van der Waals surface area contributed by atoms with Crippen molar-refractivity contribution < 1.29 is 4.74 Å². The Morgan fingerprint density at radius 3 is 2.83 bits per heavy atom. The molecule has 0 aliphatic heterocycles. The maximum atomic E-state index is 5.97. The molecule has 1 aliphatic carbocycles. The molecule has 2 nitrogen and oxygen atoms in total. The van der Waals surface area contributed by atoms with Gasteiger partial charge >= 0.3 is 0 Å². The van der Waals surface area contributed by atoms with Gasteiger partial charge in [-0.2, -0.15) is 0 Å². The summed E-state index contributed by atoms with van der Waals surface area (Å²) >= 11 is 0. The second-order valence-corrected chi connectivity index (χ2v) is 6.12. The highest BCUT2D eigenvalue weighted by Crippen LogP contribution is 2.25. The highest BCUT2D eigenvalue weighted by molar-refractivity contribution is 4.70. The van der Waals surface area contributed by atoms with Crippen LogP contribution in [-0.4, -0.2) is 25.3 Å². The van der Waals surface area contributed by atoms with Crippen LogP contribution < -0.4 is 5.32 Å². The van der Waals surface area contributed by atoms with Crippen LogP contribution in [-0.2, 0) is 4.74 Å². The smallest absolute Gasteiger partial charge is 0.0594 e. The van der Waals surface area contributed by atoms with Crippen LogP contribution in [0, 0.1) is 5.92 Å². The first-order valence-corrected chi connectivity index (χ1v) is 8.07. The Balaban J connectivity index is 1.94. The molecule has 0 amide bonds. The lowest BCUT2D eigenvalue weighted by molar-refractivity contribution is 0.0166. The minimum atomic E-state index is 0.533. The fraction of sp³-hybridized carbons (Fsp3) is 1.00. The lowest BCUT2D eigenvalue weighted by Crippen LogP contribution is -2.31. The molecule has 3 atom stereocenters. The van der Waals surface area contributed by atoms with Gasteiger partial charge in [-0.15, -0.1) is 0 Å². The SMILES string of the molecule is CCCCCC(C)NCCOC1CCCC(C)C1. The Morgan fingerprint density at radius 1 is 1.28 bits per heavy atom. The molecule has 0 spiro atoms. The van der Waals surface area contributed by atoms with Crippen molar-refractivity contribution in [2.75, 3.05) is 13.2 Å². The zero-order chi connectivity index (χ0) is 13.2. The Labute approximate surface area is 114 Å². The standard InChI is InChI=1S/C16H33NO/c1-4-5-6-9-15(3)17-11-12-18-16-10-7-8-14(2)13-16/h14-17H,4-13H2,1-3H3. The molecule has 1 N–H and O–H groups in total. The summed E-state index contributed by atoms with van der Waals surface area (Å²) in [5, 5.41) is 3.57. The lowest BCUT2D eigenvalue weighted by atomic mass is 9.89. The van der Waals surface area contributed by atoms with Gasteiger partial charge in [-0.1, -0.05) is 46.0 Å². The molecule has 0 aromatic carbocycles. The molecule has 1 aliphatic rings. The first-order chi connectivity index (χ1) is 8.72. The molecule has 1 saturated carbocycles. The minimum Gasteiger partial charge on any atom is -0.377 e. The van der Waals surface area contributed by atoms with Crippen LogP contribution in [0.5, 0.6) is 0 Å². The van der Waals surface area contributed by atoms with Gasteiger partial charge in [0.1, 0.15) is 0 Å². The van der Waals surface area contributed by atoms with Gasteiger partial charge in [-0.3, -0.25) is 0 Å². The van der Waals surface area contributed by atoms with Gasteiger partial charge in [0.05, 0.1) is 12.7 Å². The molecular weight excluding hydrogens is 222 g/mol. The Bertz CT molecular complexity index is 196. The number of hydrogen-bond acceptors (Lipinski definition) is 2. The maximum Gasteiger partial charge on any atom is 0.0594 e. The van der Waals surface area contributed by atoms with E-state index >= 15 is 0 Å².